The van der Waals surface area contributed by atoms with Crippen LogP contribution in [-0.2, 0) is 6.42 Å². The number of aryl methyl sites for hydroxylation is 1. The summed E-state index contributed by atoms with van der Waals surface area (Å²) < 4.78 is 6.09. The van der Waals surface area contributed by atoms with Gasteiger partial charge >= 0.3 is 0 Å². The van der Waals surface area contributed by atoms with Crippen LogP contribution in [0.2, 0.25) is 0 Å². The summed E-state index contributed by atoms with van der Waals surface area (Å²) in [7, 11) is 0. The largest absolute Gasteiger partial charge is 0.470 e. The van der Waals surface area contributed by atoms with Gasteiger partial charge < -0.3 is 15.0 Å². The molecule has 6 heteroatoms. The van der Waals surface area contributed by atoms with Crippen molar-refractivity contribution >= 4 is 22.7 Å². The van der Waals surface area contributed by atoms with Crippen LogP contribution in [0.1, 0.15) is 59.7 Å². The van der Waals surface area contributed by atoms with Crippen LogP contribution < -0.4 is 10.1 Å². The molecule has 0 spiro atoms. The van der Waals surface area contributed by atoms with Crippen LogP contribution in [0.3, 0.4) is 0 Å². The van der Waals surface area contributed by atoms with Crippen molar-refractivity contribution in [3.05, 3.63) is 70.9 Å². The number of aromatic nitrogens is 1. The first kappa shape index (κ1) is 23.3. The Morgan fingerprint density at radius 2 is 1.81 bits per heavy atom. The zero-order chi connectivity index (χ0) is 23.3. The van der Waals surface area contributed by atoms with E-state index in [1.165, 1.54) is 0 Å². The molecule has 1 aliphatic heterocycles. The number of benzene rings is 2. The van der Waals surface area contributed by atoms with Gasteiger partial charge in [-0.25, -0.2) is 4.98 Å². The van der Waals surface area contributed by atoms with E-state index in [4.69, 9.17) is 4.74 Å². The highest BCUT2D eigenvalue weighted by molar-refractivity contribution is 6.09. The van der Waals surface area contributed by atoms with Gasteiger partial charge in [0.05, 0.1) is 16.8 Å². The second-order valence-electron chi connectivity index (χ2n) is 7.80. The smallest absolute Gasteiger partial charge is 0.256 e. The Bertz CT molecular complexity index is 1120. The second-order valence-corrected chi connectivity index (χ2v) is 7.80. The SMILES string of the molecule is CC.Cc1nc2ccccc2c(C(=O)NC(C)C)c1OCN1CCc2ccccc2C1=O. The van der Waals surface area contributed by atoms with E-state index in [0.29, 0.717) is 29.1 Å². The molecule has 0 bridgehead atoms. The van der Waals surface area contributed by atoms with E-state index in [1.54, 1.807) is 4.90 Å². The molecule has 0 aliphatic carbocycles. The predicted octanol–water partition coefficient (Wildman–Crippen LogP) is 4.74. The molecular weight excluding hydrogens is 402 g/mol. The minimum Gasteiger partial charge on any atom is -0.470 e. The number of pyridine rings is 1. The Balaban J connectivity index is 0.00000141. The fraction of sp³-hybridized carbons (Fsp3) is 0.346. The second kappa shape index (κ2) is 10.3. The molecule has 0 fully saturated rings. The lowest BCUT2D eigenvalue weighted by Crippen LogP contribution is -2.40. The number of nitrogens with zero attached hydrogens (tertiary/aromatic N) is 2. The number of carbonyl (C=O) groups excluding carboxylic acids is 2. The van der Waals surface area contributed by atoms with Crippen LogP contribution in [0.4, 0.5) is 0 Å². The molecule has 32 heavy (non-hydrogen) atoms. The predicted molar refractivity (Wildman–Crippen MR) is 127 cm³/mol. The van der Waals surface area contributed by atoms with Gasteiger partial charge in [0.2, 0.25) is 0 Å². The summed E-state index contributed by atoms with van der Waals surface area (Å²) in [6.45, 7) is 10.3. The van der Waals surface area contributed by atoms with Crippen molar-refractivity contribution < 1.29 is 14.3 Å². The molecule has 0 radical (unpaired) electrons. The van der Waals surface area contributed by atoms with E-state index < -0.39 is 0 Å². The molecule has 0 atom stereocenters. The normalized spacial score (nSPS) is 12.8. The highest BCUT2D eigenvalue weighted by Gasteiger charge is 2.26. The number of para-hydroxylation sites is 1. The lowest BCUT2D eigenvalue weighted by molar-refractivity contribution is 0.0575. The topological polar surface area (TPSA) is 71.5 Å². The van der Waals surface area contributed by atoms with Gasteiger partial charge in [-0.3, -0.25) is 9.59 Å². The van der Waals surface area contributed by atoms with Crippen molar-refractivity contribution in [1.82, 2.24) is 15.2 Å². The summed E-state index contributed by atoms with van der Waals surface area (Å²) in [4.78, 5) is 32.1. The molecule has 0 saturated heterocycles. The van der Waals surface area contributed by atoms with E-state index in [0.717, 1.165) is 22.9 Å². The van der Waals surface area contributed by atoms with Crippen LogP contribution in [0, 0.1) is 6.92 Å². The highest BCUT2D eigenvalue weighted by Crippen LogP contribution is 2.30. The summed E-state index contributed by atoms with van der Waals surface area (Å²) in [6.07, 6.45) is 0.779. The van der Waals surface area contributed by atoms with Crippen molar-refractivity contribution in [2.24, 2.45) is 0 Å². The molecule has 0 saturated carbocycles. The summed E-state index contributed by atoms with van der Waals surface area (Å²) in [6, 6.07) is 15.1. The summed E-state index contributed by atoms with van der Waals surface area (Å²) in [5.74, 6) is 0.145. The number of hydrogen-bond acceptors (Lipinski definition) is 4. The van der Waals surface area contributed by atoms with Gasteiger partial charge in [0.15, 0.2) is 12.5 Å². The maximum atomic E-state index is 13.0. The average Bonchev–Trinajstić information content (AvgIpc) is 2.79. The number of amides is 2. The quantitative estimate of drug-likeness (QED) is 0.631. The minimum atomic E-state index is -0.211. The zero-order valence-corrected chi connectivity index (χ0v) is 19.4. The molecule has 3 aromatic rings. The molecule has 1 aliphatic rings. The first-order valence-electron chi connectivity index (χ1n) is 11.2. The monoisotopic (exact) mass is 433 g/mol. The summed E-state index contributed by atoms with van der Waals surface area (Å²) in [5, 5.41) is 3.68. The Hall–Kier alpha value is -3.41. The number of ether oxygens (including phenoxy) is 1. The average molecular weight is 434 g/mol. The fourth-order valence-electron chi connectivity index (χ4n) is 3.79. The molecule has 2 heterocycles. The van der Waals surface area contributed by atoms with Gasteiger partial charge in [-0.05, 0) is 44.9 Å². The van der Waals surface area contributed by atoms with Gasteiger partial charge in [0, 0.05) is 23.5 Å². The molecule has 2 aromatic carbocycles. The van der Waals surface area contributed by atoms with Crippen LogP contribution in [-0.4, -0.2) is 41.0 Å². The minimum absolute atomic E-state index is 0.0160. The Labute approximate surface area is 189 Å². The maximum Gasteiger partial charge on any atom is 0.256 e. The van der Waals surface area contributed by atoms with Crippen LogP contribution in [0.25, 0.3) is 10.9 Å². The van der Waals surface area contributed by atoms with E-state index in [-0.39, 0.29) is 24.6 Å². The first-order valence-corrected chi connectivity index (χ1v) is 11.2. The lowest BCUT2D eigenvalue weighted by atomic mass is 10.00. The van der Waals surface area contributed by atoms with Crippen molar-refractivity contribution in [1.29, 1.82) is 0 Å². The summed E-state index contributed by atoms with van der Waals surface area (Å²) >= 11 is 0. The van der Waals surface area contributed by atoms with Crippen LogP contribution in [0.5, 0.6) is 5.75 Å². The number of hydrogen-bond donors (Lipinski definition) is 1. The first-order chi connectivity index (χ1) is 15.5. The van der Waals surface area contributed by atoms with Crippen molar-refractivity contribution in [2.75, 3.05) is 13.3 Å². The third-order valence-corrected chi connectivity index (χ3v) is 5.21. The lowest BCUT2D eigenvalue weighted by Gasteiger charge is -2.29. The van der Waals surface area contributed by atoms with Gasteiger partial charge in [-0.1, -0.05) is 50.2 Å². The fourth-order valence-corrected chi connectivity index (χ4v) is 3.79. The molecule has 6 nitrogen and oxygen atoms in total. The van der Waals surface area contributed by atoms with Gasteiger partial charge in [0.25, 0.3) is 11.8 Å². The van der Waals surface area contributed by atoms with Crippen molar-refractivity contribution in [3.63, 3.8) is 0 Å². The van der Waals surface area contributed by atoms with E-state index in [1.807, 2.05) is 83.1 Å². The maximum absolute atomic E-state index is 13.0. The molecule has 1 aromatic heterocycles. The number of nitrogens with one attached hydrogen (secondary N) is 1. The van der Waals surface area contributed by atoms with E-state index >= 15 is 0 Å². The Morgan fingerprint density at radius 3 is 2.56 bits per heavy atom. The Morgan fingerprint density at radius 1 is 1.12 bits per heavy atom. The highest BCUT2D eigenvalue weighted by atomic mass is 16.5. The molecule has 1 N–H and O–H groups in total. The van der Waals surface area contributed by atoms with Crippen LogP contribution >= 0.6 is 0 Å². The van der Waals surface area contributed by atoms with E-state index in [2.05, 4.69) is 10.3 Å². The molecular formula is C26H31N3O3. The van der Waals surface area contributed by atoms with Crippen molar-refractivity contribution in [3.8, 4) is 5.75 Å². The third-order valence-electron chi connectivity index (χ3n) is 5.21. The Kier molecular flexibility index (Phi) is 7.46. The molecule has 2 amide bonds. The zero-order valence-electron chi connectivity index (χ0n) is 19.4. The van der Waals surface area contributed by atoms with Gasteiger partial charge in [-0.15, -0.1) is 0 Å². The van der Waals surface area contributed by atoms with Crippen LogP contribution in [0.15, 0.2) is 48.5 Å². The molecule has 4 rings (SSSR count). The van der Waals surface area contributed by atoms with Gasteiger partial charge in [0.1, 0.15) is 0 Å². The van der Waals surface area contributed by atoms with Crippen molar-refractivity contribution in [2.45, 2.75) is 47.1 Å². The van der Waals surface area contributed by atoms with E-state index in [9.17, 15) is 9.59 Å². The van der Waals surface area contributed by atoms with Gasteiger partial charge in [-0.2, -0.15) is 0 Å². The summed E-state index contributed by atoms with van der Waals surface area (Å²) in [5.41, 5.74) is 3.57. The number of fused-ring (bicyclic) bond motifs is 2. The standard InChI is InChI=1S/C24H25N3O3.C2H6/c1-15(2)25-23(28)21-19-10-6-7-11-20(19)26-16(3)22(21)30-14-27-13-12-17-8-4-5-9-18(17)24(27)29;1-2/h4-11,15H,12-14H2,1-3H3,(H,25,28);1-2H3. The third kappa shape index (κ3) is 4.74. The number of carbonyl (C=O) groups is 2. The molecule has 0 unspecified atom stereocenters. The number of rotatable bonds is 5. The molecule has 168 valence electrons.